The summed E-state index contributed by atoms with van der Waals surface area (Å²) in [7, 11) is 0. The van der Waals surface area contributed by atoms with Gasteiger partial charge in [0.1, 0.15) is 6.04 Å². The van der Waals surface area contributed by atoms with Crippen molar-refractivity contribution in [3.8, 4) is 0 Å². The highest BCUT2D eigenvalue weighted by molar-refractivity contribution is 5.84. The molecule has 0 unspecified atom stereocenters. The third-order valence-electron chi connectivity index (χ3n) is 2.71. The standard InChI is InChI=1S/C12H14N2O5/c1-7-9(4-3-5-10(7)14(18)19)6-11(15)13-8(2)12(16)17/h3-5,8H,6H2,1-2H3,(H,13,15)(H,16,17)/t8-/m1/s1. The first-order valence-electron chi connectivity index (χ1n) is 5.58. The SMILES string of the molecule is Cc1c(CC(=O)N[C@H](C)C(=O)O)cccc1[N+](=O)[O-]. The first-order valence-corrected chi connectivity index (χ1v) is 5.58. The largest absolute Gasteiger partial charge is 0.480 e. The minimum atomic E-state index is -1.14. The van der Waals surface area contributed by atoms with Crippen LogP contribution in [0.4, 0.5) is 5.69 Å². The van der Waals surface area contributed by atoms with Crippen LogP contribution in [0.3, 0.4) is 0 Å². The second-order valence-electron chi connectivity index (χ2n) is 4.12. The van der Waals surface area contributed by atoms with Crippen molar-refractivity contribution in [3.63, 3.8) is 0 Å². The van der Waals surface area contributed by atoms with Crippen LogP contribution in [0.15, 0.2) is 18.2 Å². The lowest BCUT2D eigenvalue weighted by atomic mass is 10.0. The van der Waals surface area contributed by atoms with Crippen LogP contribution >= 0.6 is 0 Å². The van der Waals surface area contributed by atoms with Gasteiger partial charge in [-0.1, -0.05) is 12.1 Å². The van der Waals surface area contributed by atoms with Crippen molar-refractivity contribution in [2.24, 2.45) is 0 Å². The van der Waals surface area contributed by atoms with Crippen LogP contribution in [0, 0.1) is 17.0 Å². The number of benzene rings is 1. The predicted molar refractivity (Wildman–Crippen MR) is 66.8 cm³/mol. The molecule has 0 radical (unpaired) electrons. The molecule has 0 aliphatic rings. The normalized spacial score (nSPS) is 11.7. The van der Waals surface area contributed by atoms with Crippen LogP contribution in [0.2, 0.25) is 0 Å². The van der Waals surface area contributed by atoms with E-state index in [1.165, 1.54) is 19.1 Å². The third kappa shape index (κ3) is 3.77. The lowest BCUT2D eigenvalue weighted by Crippen LogP contribution is -2.39. The van der Waals surface area contributed by atoms with Gasteiger partial charge >= 0.3 is 5.97 Å². The number of aliphatic carboxylic acids is 1. The molecule has 1 aromatic rings. The molecule has 19 heavy (non-hydrogen) atoms. The van der Waals surface area contributed by atoms with E-state index < -0.39 is 22.8 Å². The Hall–Kier alpha value is -2.44. The summed E-state index contributed by atoms with van der Waals surface area (Å²) in [5.41, 5.74) is 0.853. The maximum absolute atomic E-state index is 11.6. The van der Waals surface area contributed by atoms with Gasteiger partial charge in [-0.3, -0.25) is 19.7 Å². The lowest BCUT2D eigenvalue weighted by Gasteiger charge is -2.10. The van der Waals surface area contributed by atoms with Gasteiger partial charge in [0.15, 0.2) is 0 Å². The Kier molecular flexibility index (Phi) is 4.57. The molecule has 102 valence electrons. The average molecular weight is 266 g/mol. The molecule has 0 saturated carbocycles. The van der Waals surface area contributed by atoms with E-state index >= 15 is 0 Å². The fourth-order valence-electron chi connectivity index (χ4n) is 1.59. The Labute approximate surface area is 109 Å². The first-order chi connectivity index (χ1) is 8.82. The van der Waals surface area contributed by atoms with E-state index in [0.29, 0.717) is 11.1 Å². The molecule has 0 aromatic heterocycles. The van der Waals surface area contributed by atoms with Crippen molar-refractivity contribution < 1.29 is 19.6 Å². The Balaban J connectivity index is 2.83. The number of nitrogens with one attached hydrogen (secondary N) is 1. The Morgan fingerprint density at radius 2 is 2.11 bits per heavy atom. The summed E-state index contributed by atoms with van der Waals surface area (Å²) in [6, 6.07) is 3.46. The Bertz CT molecular complexity index is 527. The zero-order chi connectivity index (χ0) is 14.6. The molecule has 7 heteroatoms. The number of carbonyl (C=O) groups excluding carboxylic acids is 1. The van der Waals surface area contributed by atoms with E-state index in [0.717, 1.165) is 0 Å². The Morgan fingerprint density at radius 1 is 1.47 bits per heavy atom. The van der Waals surface area contributed by atoms with Gasteiger partial charge in [0.2, 0.25) is 5.91 Å². The predicted octanol–water partition coefficient (Wildman–Crippen LogP) is 1.04. The molecule has 0 saturated heterocycles. The van der Waals surface area contributed by atoms with Crippen molar-refractivity contribution in [2.45, 2.75) is 26.3 Å². The topological polar surface area (TPSA) is 110 Å². The van der Waals surface area contributed by atoms with Crippen LogP contribution < -0.4 is 5.32 Å². The monoisotopic (exact) mass is 266 g/mol. The van der Waals surface area contributed by atoms with Crippen molar-refractivity contribution >= 4 is 17.6 Å². The number of nitro benzene ring substituents is 1. The maximum atomic E-state index is 11.6. The number of rotatable bonds is 5. The quantitative estimate of drug-likeness (QED) is 0.611. The lowest BCUT2D eigenvalue weighted by molar-refractivity contribution is -0.385. The van der Waals surface area contributed by atoms with Crippen molar-refractivity contribution in [3.05, 3.63) is 39.4 Å². The zero-order valence-electron chi connectivity index (χ0n) is 10.5. The molecule has 0 aliphatic carbocycles. The van der Waals surface area contributed by atoms with Crippen LogP contribution in [0.25, 0.3) is 0 Å². The van der Waals surface area contributed by atoms with E-state index in [-0.39, 0.29) is 12.1 Å². The fraction of sp³-hybridized carbons (Fsp3) is 0.333. The highest BCUT2D eigenvalue weighted by Crippen LogP contribution is 2.21. The number of carbonyl (C=O) groups is 2. The van der Waals surface area contributed by atoms with Gasteiger partial charge in [-0.05, 0) is 19.4 Å². The summed E-state index contributed by atoms with van der Waals surface area (Å²) in [5.74, 6) is -1.62. The number of nitro groups is 1. The molecule has 1 rings (SSSR count). The Morgan fingerprint density at radius 3 is 2.63 bits per heavy atom. The van der Waals surface area contributed by atoms with E-state index in [2.05, 4.69) is 5.32 Å². The van der Waals surface area contributed by atoms with Gasteiger partial charge < -0.3 is 10.4 Å². The van der Waals surface area contributed by atoms with Gasteiger partial charge in [0, 0.05) is 11.6 Å². The summed E-state index contributed by atoms with van der Waals surface area (Å²) >= 11 is 0. The van der Waals surface area contributed by atoms with Crippen LogP contribution in [-0.2, 0) is 16.0 Å². The number of hydrogen-bond acceptors (Lipinski definition) is 4. The van der Waals surface area contributed by atoms with Crippen molar-refractivity contribution in [2.75, 3.05) is 0 Å². The first kappa shape index (κ1) is 14.6. The van der Waals surface area contributed by atoms with Crippen LogP contribution in [-0.4, -0.2) is 27.9 Å². The van der Waals surface area contributed by atoms with E-state index in [1.54, 1.807) is 13.0 Å². The van der Waals surface area contributed by atoms with Crippen LogP contribution in [0.5, 0.6) is 0 Å². The second kappa shape index (κ2) is 5.94. The van der Waals surface area contributed by atoms with Crippen molar-refractivity contribution in [1.29, 1.82) is 0 Å². The number of carboxylic acid groups (broad SMARTS) is 1. The van der Waals surface area contributed by atoms with Crippen LogP contribution in [0.1, 0.15) is 18.1 Å². The molecule has 7 nitrogen and oxygen atoms in total. The summed E-state index contributed by atoms with van der Waals surface area (Å²) in [4.78, 5) is 32.4. The van der Waals surface area contributed by atoms with E-state index in [1.807, 2.05) is 0 Å². The van der Waals surface area contributed by atoms with E-state index in [9.17, 15) is 19.7 Å². The smallest absolute Gasteiger partial charge is 0.325 e. The number of nitrogens with zero attached hydrogens (tertiary/aromatic N) is 1. The molecule has 0 aliphatic heterocycles. The molecule has 2 N–H and O–H groups in total. The molecular weight excluding hydrogens is 252 g/mol. The van der Waals surface area contributed by atoms with Crippen molar-refractivity contribution in [1.82, 2.24) is 5.32 Å². The van der Waals surface area contributed by atoms with E-state index in [4.69, 9.17) is 5.11 Å². The number of carboxylic acids is 1. The fourth-order valence-corrected chi connectivity index (χ4v) is 1.59. The van der Waals surface area contributed by atoms with Gasteiger partial charge in [0.05, 0.1) is 11.3 Å². The summed E-state index contributed by atoms with van der Waals surface area (Å²) in [6.07, 6.45) is -0.0921. The third-order valence-corrected chi connectivity index (χ3v) is 2.71. The van der Waals surface area contributed by atoms with Gasteiger partial charge in [0.25, 0.3) is 5.69 Å². The molecule has 0 fully saturated rings. The minimum Gasteiger partial charge on any atom is -0.480 e. The molecule has 0 heterocycles. The minimum absolute atomic E-state index is 0.0587. The summed E-state index contributed by atoms with van der Waals surface area (Å²) in [5, 5.41) is 21.7. The molecule has 1 aromatic carbocycles. The average Bonchev–Trinajstić information content (AvgIpc) is 2.31. The van der Waals surface area contributed by atoms with Gasteiger partial charge in [-0.25, -0.2) is 0 Å². The van der Waals surface area contributed by atoms with Gasteiger partial charge in [-0.15, -0.1) is 0 Å². The molecule has 0 spiro atoms. The molecular formula is C12H14N2O5. The highest BCUT2D eigenvalue weighted by atomic mass is 16.6. The second-order valence-corrected chi connectivity index (χ2v) is 4.12. The molecule has 0 bridgehead atoms. The zero-order valence-corrected chi connectivity index (χ0v) is 10.5. The van der Waals surface area contributed by atoms with Gasteiger partial charge in [-0.2, -0.15) is 0 Å². The number of hydrogen-bond donors (Lipinski definition) is 2. The summed E-state index contributed by atoms with van der Waals surface area (Å²) < 4.78 is 0. The maximum Gasteiger partial charge on any atom is 0.325 e. The molecule has 1 amide bonds. The summed E-state index contributed by atoms with van der Waals surface area (Å²) in [6.45, 7) is 2.90. The highest BCUT2D eigenvalue weighted by Gasteiger charge is 2.18. The molecule has 1 atom stereocenters. The number of amides is 1.